The predicted octanol–water partition coefficient (Wildman–Crippen LogP) is 2.70. The van der Waals surface area contributed by atoms with E-state index < -0.39 is 11.6 Å². The second kappa shape index (κ2) is 5.17. The Morgan fingerprint density at radius 3 is 2.58 bits per heavy atom. The van der Waals surface area contributed by atoms with Crippen molar-refractivity contribution in [1.82, 2.24) is 9.97 Å². The van der Waals surface area contributed by atoms with Crippen LogP contribution in [0.4, 0.5) is 8.78 Å². The van der Waals surface area contributed by atoms with Gasteiger partial charge in [0, 0.05) is 17.2 Å². The topological polar surface area (TPSA) is 55.2 Å². The number of phenols is 1. The van der Waals surface area contributed by atoms with Gasteiger partial charge in [-0.2, -0.15) is 0 Å². The van der Waals surface area contributed by atoms with Crippen molar-refractivity contribution >= 4 is 0 Å². The van der Waals surface area contributed by atoms with Crippen molar-refractivity contribution in [2.24, 2.45) is 0 Å². The van der Waals surface area contributed by atoms with Crippen LogP contribution in [-0.2, 0) is 6.42 Å². The molecule has 0 saturated heterocycles. The monoisotopic (exact) mass is 266 g/mol. The van der Waals surface area contributed by atoms with Crippen molar-refractivity contribution in [3.8, 4) is 22.9 Å². The lowest BCUT2D eigenvalue weighted by Crippen LogP contribution is -1.99. The quantitative estimate of drug-likeness (QED) is 0.928. The fraction of sp³-hybridized carbons (Fsp3) is 0.231. The molecule has 1 aromatic heterocycles. The third-order valence-corrected chi connectivity index (χ3v) is 2.77. The smallest absolute Gasteiger partial charge is 0.216 e. The van der Waals surface area contributed by atoms with Crippen molar-refractivity contribution in [3.63, 3.8) is 0 Å². The number of rotatable bonds is 3. The molecule has 0 amide bonds. The Morgan fingerprint density at radius 1 is 1.21 bits per heavy atom. The molecule has 1 aromatic carbocycles. The minimum Gasteiger partial charge on any atom is -0.508 e. The van der Waals surface area contributed by atoms with Crippen LogP contribution in [0.25, 0.3) is 11.3 Å². The molecule has 0 aliphatic heterocycles. The Morgan fingerprint density at radius 2 is 1.95 bits per heavy atom. The summed E-state index contributed by atoms with van der Waals surface area (Å²) in [5.74, 6) is -2.18. The SMILES string of the molecule is CCc1c(O)cc(-c2cc(OC)ncn2)c(F)c1F. The summed E-state index contributed by atoms with van der Waals surface area (Å²) < 4.78 is 32.6. The number of hydrogen-bond acceptors (Lipinski definition) is 4. The highest BCUT2D eigenvalue weighted by atomic mass is 19.2. The zero-order chi connectivity index (χ0) is 14.0. The fourth-order valence-electron chi connectivity index (χ4n) is 1.77. The van der Waals surface area contributed by atoms with Crippen molar-refractivity contribution in [3.05, 3.63) is 35.7 Å². The number of halogens is 2. The van der Waals surface area contributed by atoms with E-state index in [1.807, 2.05) is 0 Å². The van der Waals surface area contributed by atoms with Crippen molar-refractivity contribution in [1.29, 1.82) is 0 Å². The molecule has 0 atom stereocenters. The number of aromatic hydroxyl groups is 1. The molecule has 0 spiro atoms. The predicted molar refractivity (Wildman–Crippen MR) is 65.0 cm³/mol. The van der Waals surface area contributed by atoms with Gasteiger partial charge in [0.25, 0.3) is 0 Å². The maximum absolute atomic E-state index is 14.0. The molecule has 0 aliphatic rings. The Balaban J connectivity index is 2.62. The van der Waals surface area contributed by atoms with Gasteiger partial charge in [0.1, 0.15) is 12.1 Å². The van der Waals surface area contributed by atoms with E-state index in [0.717, 1.165) is 6.07 Å². The Hall–Kier alpha value is -2.24. The normalized spacial score (nSPS) is 10.5. The lowest BCUT2D eigenvalue weighted by atomic mass is 10.0. The molecular weight excluding hydrogens is 254 g/mol. The number of aromatic nitrogens is 2. The molecular formula is C13H12F2N2O2. The van der Waals surface area contributed by atoms with Gasteiger partial charge >= 0.3 is 0 Å². The zero-order valence-electron chi connectivity index (χ0n) is 10.4. The van der Waals surface area contributed by atoms with E-state index >= 15 is 0 Å². The van der Waals surface area contributed by atoms with Gasteiger partial charge in [-0.15, -0.1) is 0 Å². The average Bonchev–Trinajstić information content (AvgIpc) is 2.43. The van der Waals surface area contributed by atoms with Crippen LogP contribution in [0.15, 0.2) is 18.5 Å². The average molecular weight is 266 g/mol. The van der Waals surface area contributed by atoms with Crippen molar-refractivity contribution < 1.29 is 18.6 Å². The first kappa shape index (κ1) is 13.2. The van der Waals surface area contributed by atoms with E-state index in [2.05, 4.69) is 9.97 Å². The molecule has 2 rings (SSSR count). The maximum atomic E-state index is 14.0. The molecule has 1 N–H and O–H groups in total. The summed E-state index contributed by atoms with van der Waals surface area (Å²) in [4.78, 5) is 7.63. The number of methoxy groups -OCH3 is 1. The first-order valence-corrected chi connectivity index (χ1v) is 5.64. The van der Waals surface area contributed by atoms with Gasteiger partial charge in [0.05, 0.1) is 12.8 Å². The van der Waals surface area contributed by atoms with E-state index in [0.29, 0.717) is 0 Å². The third-order valence-electron chi connectivity index (χ3n) is 2.77. The van der Waals surface area contributed by atoms with E-state index in [-0.39, 0.29) is 34.9 Å². The highest BCUT2D eigenvalue weighted by Crippen LogP contribution is 2.32. The summed E-state index contributed by atoms with van der Waals surface area (Å²) in [6.45, 7) is 1.63. The summed E-state index contributed by atoms with van der Waals surface area (Å²) in [6.07, 6.45) is 1.37. The highest BCUT2D eigenvalue weighted by Gasteiger charge is 2.19. The summed E-state index contributed by atoms with van der Waals surface area (Å²) in [7, 11) is 1.40. The van der Waals surface area contributed by atoms with Gasteiger partial charge < -0.3 is 9.84 Å². The molecule has 0 unspecified atom stereocenters. The van der Waals surface area contributed by atoms with Crippen LogP contribution >= 0.6 is 0 Å². The van der Waals surface area contributed by atoms with Gasteiger partial charge in [-0.25, -0.2) is 18.7 Å². The van der Waals surface area contributed by atoms with Crippen LogP contribution in [0.1, 0.15) is 12.5 Å². The largest absolute Gasteiger partial charge is 0.508 e. The lowest BCUT2D eigenvalue weighted by molar-refractivity contribution is 0.397. The second-order valence-corrected chi connectivity index (χ2v) is 3.85. The van der Waals surface area contributed by atoms with Crippen molar-refractivity contribution in [2.75, 3.05) is 7.11 Å². The molecule has 19 heavy (non-hydrogen) atoms. The van der Waals surface area contributed by atoms with Crippen molar-refractivity contribution in [2.45, 2.75) is 13.3 Å². The molecule has 0 aliphatic carbocycles. The van der Waals surface area contributed by atoms with Gasteiger partial charge in [-0.3, -0.25) is 0 Å². The fourth-order valence-corrected chi connectivity index (χ4v) is 1.77. The minimum absolute atomic E-state index is 0.0535. The van der Waals surface area contributed by atoms with Gasteiger partial charge in [0.15, 0.2) is 11.6 Å². The second-order valence-electron chi connectivity index (χ2n) is 3.85. The first-order valence-electron chi connectivity index (χ1n) is 5.64. The van der Waals surface area contributed by atoms with Crippen LogP contribution in [-0.4, -0.2) is 22.2 Å². The number of nitrogens with zero attached hydrogens (tertiary/aromatic N) is 2. The summed E-state index contributed by atoms with van der Waals surface area (Å²) in [5, 5.41) is 9.70. The maximum Gasteiger partial charge on any atom is 0.216 e. The minimum atomic E-state index is -1.06. The van der Waals surface area contributed by atoms with Crippen LogP contribution in [0.2, 0.25) is 0 Å². The molecule has 0 saturated carbocycles. The third kappa shape index (κ3) is 2.33. The molecule has 6 heteroatoms. The molecule has 0 radical (unpaired) electrons. The standard InChI is InChI=1S/C13H12F2N2O2/c1-3-7-10(18)4-8(13(15)12(7)14)9-5-11(19-2)17-6-16-9/h4-6,18H,3H2,1-2H3. The summed E-state index contributed by atoms with van der Waals surface area (Å²) in [5.41, 5.74) is -0.0450. The number of ether oxygens (including phenoxy) is 1. The molecule has 2 aromatic rings. The van der Waals surface area contributed by atoms with E-state index in [4.69, 9.17) is 4.74 Å². The Kier molecular flexibility index (Phi) is 3.59. The van der Waals surface area contributed by atoms with Gasteiger partial charge in [-0.05, 0) is 12.5 Å². The van der Waals surface area contributed by atoms with E-state index in [1.165, 1.54) is 19.5 Å². The highest BCUT2D eigenvalue weighted by molar-refractivity contribution is 5.64. The molecule has 0 fully saturated rings. The summed E-state index contributed by atoms with van der Waals surface area (Å²) >= 11 is 0. The zero-order valence-corrected chi connectivity index (χ0v) is 10.4. The first-order chi connectivity index (χ1) is 9.08. The molecule has 4 nitrogen and oxygen atoms in total. The summed E-state index contributed by atoms with van der Waals surface area (Å²) in [6, 6.07) is 2.52. The van der Waals surface area contributed by atoms with Crippen LogP contribution in [0.5, 0.6) is 11.6 Å². The van der Waals surface area contributed by atoms with Gasteiger partial charge in [-0.1, -0.05) is 6.92 Å². The van der Waals surface area contributed by atoms with Crippen LogP contribution in [0.3, 0.4) is 0 Å². The number of phenolic OH excluding ortho intramolecular Hbond substituents is 1. The van der Waals surface area contributed by atoms with E-state index in [9.17, 15) is 13.9 Å². The van der Waals surface area contributed by atoms with E-state index in [1.54, 1.807) is 6.92 Å². The Bertz CT molecular complexity index is 618. The number of hydrogen-bond donors (Lipinski definition) is 1. The van der Waals surface area contributed by atoms with Crippen LogP contribution < -0.4 is 4.74 Å². The number of benzene rings is 1. The van der Waals surface area contributed by atoms with Crippen LogP contribution in [0, 0.1) is 11.6 Å². The Labute approximate surface area is 108 Å². The molecule has 0 bridgehead atoms. The molecule has 100 valence electrons. The van der Waals surface area contributed by atoms with Gasteiger partial charge in [0.2, 0.25) is 5.88 Å². The lowest BCUT2D eigenvalue weighted by Gasteiger charge is -2.09. The molecule has 1 heterocycles.